The molecule has 0 radical (unpaired) electrons. The van der Waals surface area contributed by atoms with Gasteiger partial charge in [0.1, 0.15) is 5.69 Å². The van der Waals surface area contributed by atoms with Crippen molar-refractivity contribution >= 4 is 5.91 Å². The summed E-state index contributed by atoms with van der Waals surface area (Å²) < 4.78 is 0. The van der Waals surface area contributed by atoms with Crippen molar-refractivity contribution in [2.45, 2.75) is 32.2 Å². The number of piperidine rings is 3. The Morgan fingerprint density at radius 3 is 2.43 bits per heavy atom. The van der Waals surface area contributed by atoms with E-state index >= 15 is 0 Å². The molecule has 2 bridgehead atoms. The second-order valence-corrected chi connectivity index (χ2v) is 7.28. The van der Waals surface area contributed by atoms with Gasteiger partial charge in [0.15, 0.2) is 0 Å². The van der Waals surface area contributed by atoms with Gasteiger partial charge in [-0.15, -0.1) is 0 Å². The average Bonchev–Trinajstić information content (AvgIpc) is 3.11. The van der Waals surface area contributed by atoms with E-state index in [-0.39, 0.29) is 5.91 Å². The lowest BCUT2D eigenvalue weighted by Gasteiger charge is -2.50. The lowest BCUT2D eigenvalue weighted by atomic mass is 9.83. The number of nitrogens with zero attached hydrogens (tertiary/aromatic N) is 3. The first-order valence-electron chi connectivity index (χ1n) is 9.18. The summed E-state index contributed by atoms with van der Waals surface area (Å²) in [5, 5.41) is 0. The third kappa shape index (κ3) is 2.92. The van der Waals surface area contributed by atoms with Gasteiger partial charge < -0.3 is 14.8 Å². The molecule has 5 heterocycles. The molecule has 5 heteroatoms. The van der Waals surface area contributed by atoms with Crippen molar-refractivity contribution in [1.29, 1.82) is 0 Å². The Kier molecular flexibility index (Phi) is 4.16. The SMILES string of the molecule is CCc1ccc(C(=O)N2CCN([C@H]3CN4CCC3CC4)CC2)[nH]1. The van der Waals surface area contributed by atoms with Gasteiger partial charge in [-0.25, -0.2) is 0 Å². The molecule has 4 saturated heterocycles. The zero-order chi connectivity index (χ0) is 15.8. The molecule has 5 nitrogen and oxygen atoms in total. The second-order valence-electron chi connectivity index (χ2n) is 7.28. The van der Waals surface area contributed by atoms with E-state index in [0.29, 0.717) is 0 Å². The molecule has 0 spiro atoms. The molecule has 4 fully saturated rings. The van der Waals surface area contributed by atoms with Gasteiger partial charge in [-0.1, -0.05) is 6.92 Å². The van der Waals surface area contributed by atoms with Crippen molar-refractivity contribution in [2.24, 2.45) is 5.92 Å². The summed E-state index contributed by atoms with van der Waals surface area (Å²) in [4.78, 5) is 23.1. The van der Waals surface area contributed by atoms with E-state index in [1.54, 1.807) is 0 Å². The third-order valence-electron chi connectivity index (χ3n) is 6.05. The fourth-order valence-corrected chi connectivity index (χ4v) is 4.55. The van der Waals surface area contributed by atoms with E-state index in [0.717, 1.165) is 55.9 Å². The van der Waals surface area contributed by atoms with E-state index < -0.39 is 0 Å². The molecule has 126 valence electrons. The Bertz CT molecular complexity index is 553. The average molecular weight is 316 g/mol. The van der Waals surface area contributed by atoms with E-state index in [1.165, 1.54) is 32.5 Å². The van der Waals surface area contributed by atoms with Gasteiger partial charge in [-0.2, -0.15) is 0 Å². The van der Waals surface area contributed by atoms with E-state index in [2.05, 4.69) is 21.7 Å². The van der Waals surface area contributed by atoms with Crippen LogP contribution in [0.1, 0.15) is 35.9 Å². The summed E-state index contributed by atoms with van der Waals surface area (Å²) in [6.07, 6.45) is 3.68. The van der Waals surface area contributed by atoms with Crippen LogP contribution in [0.3, 0.4) is 0 Å². The number of piperazine rings is 1. The molecular formula is C18H28N4O. The predicted octanol–water partition coefficient (Wildman–Crippen LogP) is 1.43. The number of rotatable bonds is 3. The van der Waals surface area contributed by atoms with Crippen LogP contribution in [0, 0.1) is 5.92 Å². The molecule has 5 rings (SSSR count). The fraction of sp³-hybridized carbons (Fsp3) is 0.722. The minimum Gasteiger partial charge on any atom is -0.354 e. The Morgan fingerprint density at radius 2 is 1.87 bits per heavy atom. The van der Waals surface area contributed by atoms with E-state index in [4.69, 9.17) is 0 Å². The number of carbonyl (C=O) groups is 1. The zero-order valence-corrected chi connectivity index (χ0v) is 14.1. The first-order chi connectivity index (χ1) is 11.2. The van der Waals surface area contributed by atoms with Gasteiger partial charge in [0.25, 0.3) is 5.91 Å². The van der Waals surface area contributed by atoms with Gasteiger partial charge in [0.2, 0.25) is 0 Å². The largest absolute Gasteiger partial charge is 0.354 e. The molecule has 4 aliphatic heterocycles. The minimum atomic E-state index is 0.165. The summed E-state index contributed by atoms with van der Waals surface area (Å²) in [5.41, 5.74) is 1.89. The molecule has 0 aromatic carbocycles. The van der Waals surface area contributed by atoms with Gasteiger partial charge in [0.05, 0.1) is 0 Å². The Morgan fingerprint density at radius 1 is 1.13 bits per heavy atom. The number of H-pyrrole nitrogens is 1. The Balaban J connectivity index is 1.34. The maximum atomic E-state index is 12.6. The highest BCUT2D eigenvalue weighted by Crippen LogP contribution is 2.31. The van der Waals surface area contributed by atoms with Crippen molar-refractivity contribution in [3.05, 3.63) is 23.5 Å². The van der Waals surface area contributed by atoms with Gasteiger partial charge >= 0.3 is 0 Å². The quantitative estimate of drug-likeness (QED) is 0.917. The van der Waals surface area contributed by atoms with Crippen LogP contribution < -0.4 is 0 Å². The van der Waals surface area contributed by atoms with Crippen LogP contribution in [0.25, 0.3) is 0 Å². The van der Waals surface area contributed by atoms with Crippen LogP contribution in [0.15, 0.2) is 12.1 Å². The normalized spacial score (nSPS) is 31.5. The molecule has 23 heavy (non-hydrogen) atoms. The topological polar surface area (TPSA) is 42.6 Å². The highest BCUT2D eigenvalue weighted by Gasteiger charge is 2.38. The summed E-state index contributed by atoms with van der Waals surface area (Å²) in [6.45, 7) is 9.73. The van der Waals surface area contributed by atoms with Crippen LogP contribution in [0.4, 0.5) is 0 Å². The lowest BCUT2D eigenvalue weighted by molar-refractivity contribution is -0.0131. The number of carbonyl (C=O) groups excluding carboxylic acids is 1. The molecule has 0 saturated carbocycles. The van der Waals surface area contributed by atoms with Crippen molar-refractivity contribution in [2.75, 3.05) is 45.8 Å². The van der Waals surface area contributed by atoms with Crippen molar-refractivity contribution in [3.8, 4) is 0 Å². The summed E-state index contributed by atoms with van der Waals surface area (Å²) in [6, 6.07) is 4.68. The predicted molar refractivity (Wildman–Crippen MR) is 90.6 cm³/mol. The van der Waals surface area contributed by atoms with E-state index in [1.807, 2.05) is 17.0 Å². The van der Waals surface area contributed by atoms with Crippen LogP contribution in [0.5, 0.6) is 0 Å². The van der Waals surface area contributed by atoms with Gasteiger partial charge in [-0.05, 0) is 50.4 Å². The van der Waals surface area contributed by atoms with Crippen molar-refractivity contribution in [3.63, 3.8) is 0 Å². The number of aromatic amines is 1. The Labute approximate surface area is 138 Å². The standard InChI is InChI=1S/C18H28N4O/c1-2-15-3-4-16(19-15)18(23)22-11-9-21(10-12-22)17-13-20-7-5-14(17)6-8-20/h3-4,14,17,19H,2,5-13H2,1H3/t17-/m0/s1. The number of amides is 1. The summed E-state index contributed by atoms with van der Waals surface area (Å²) in [7, 11) is 0. The van der Waals surface area contributed by atoms with Crippen LogP contribution in [-0.2, 0) is 6.42 Å². The fourth-order valence-electron chi connectivity index (χ4n) is 4.55. The number of fused-ring (bicyclic) bond motifs is 3. The maximum Gasteiger partial charge on any atom is 0.270 e. The molecule has 1 N–H and O–H groups in total. The van der Waals surface area contributed by atoms with Gasteiger partial charge in [0, 0.05) is 44.5 Å². The number of hydrogen-bond donors (Lipinski definition) is 1. The minimum absolute atomic E-state index is 0.165. The van der Waals surface area contributed by atoms with Crippen LogP contribution in [-0.4, -0.2) is 77.4 Å². The lowest BCUT2D eigenvalue weighted by Crippen LogP contribution is -2.61. The summed E-state index contributed by atoms with van der Waals surface area (Å²) in [5.74, 6) is 1.05. The number of hydrogen-bond acceptors (Lipinski definition) is 3. The first-order valence-corrected chi connectivity index (χ1v) is 9.18. The Hall–Kier alpha value is -1.33. The molecule has 1 atom stereocenters. The second kappa shape index (κ2) is 6.29. The third-order valence-corrected chi connectivity index (χ3v) is 6.05. The summed E-state index contributed by atoms with van der Waals surface area (Å²) >= 11 is 0. The molecule has 4 aliphatic rings. The van der Waals surface area contributed by atoms with Crippen molar-refractivity contribution < 1.29 is 4.79 Å². The highest BCUT2D eigenvalue weighted by atomic mass is 16.2. The number of aromatic nitrogens is 1. The molecule has 1 aromatic rings. The molecule has 0 unspecified atom stereocenters. The zero-order valence-electron chi connectivity index (χ0n) is 14.1. The van der Waals surface area contributed by atoms with Crippen LogP contribution >= 0.6 is 0 Å². The number of nitrogens with one attached hydrogen (secondary N) is 1. The molecule has 1 aromatic heterocycles. The maximum absolute atomic E-state index is 12.6. The van der Waals surface area contributed by atoms with E-state index in [9.17, 15) is 4.79 Å². The van der Waals surface area contributed by atoms with Crippen LogP contribution in [0.2, 0.25) is 0 Å². The smallest absolute Gasteiger partial charge is 0.270 e. The number of aryl methyl sites for hydroxylation is 1. The van der Waals surface area contributed by atoms with Crippen molar-refractivity contribution in [1.82, 2.24) is 19.7 Å². The molecular weight excluding hydrogens is 288 g/mol. The van der Waals surface area contributed by atoms with Gasteiger partial charge in [-0.3, -0.25) is 9.69 Å². The monoisotopic (exact) mass is 316 g/mol. The molecule has 1 amide bonds. The highest BCUT2D eigenvalue weighted by molar-refractivity contribution is 5.92. The molecule has 0 aliphatic carbocycles. The first kappa shape index (κ1) is 15.2.